The summed E-state index contributed by atoms with van der Waals surface area (Å²) in [5.74, 6) is -0.635. The quantitative estimate of drug-likeness (QED) is 0.676. The number of nitrogens with one attached hydrogen (secondary N) is 1. The van der Waals surface area contributed by atoms with E-state index in [0.29, 0.717) is 12.2 Å². The zero-order chi connectivity index (χ0) is 15.6. The van der Waals surface area contributed by atoms with Crippen LogP contribution in [-0.4, -0.2) is 34.2 Å². The molecule has 1 aliphatic rings. The van der Waals surface area contributed by atoms with Crippen LogP contribution in [0.1, 0.15) is 20.3 Å². The number of hydrogen-bond acceptors (Lipinski definition) is 4. The van der Waals surface area contributed by atoms with Crippen LogP contribution in [-0.2, 0) is 9.59 Å². The summed E-state index contributed by atoms with van der Waals surface area (Å²) in [6.45, 7) is 4.23. The average molecular weight is 291 g/mol. The first-order valence-corrected chi connectivity index (χ1v) is 6.73. The van der Waals surface area contributed by atoms with E-state index < -0.39 is 4.92 Å². The third-order valence-corrected chi connectivity index (χ3v) is 3.50. The summed E-state index contributed by atoms with van der Waals surface area (Å²) in [5.41, 5.74) is 0.455. The fourth-order valence-corrected chi connectivity index (χ4v) is 2.32. The minimum Gasteiger partial charge on any atom is -0.339 e. The van der Waals surface area contributed by atoms with Gasteiger partial charge >= 0.3 is 0 Å². The van der Waals surface area contributed by atoms with Crippen molar-refractivity contribution in [2.45, 2.75) is 26.3 Å². The molecule has 0 aromatic heterocycles. The molecule has 2 rings (SSSR count). The largest absolute Gasteiger partial charge is 0.339 e. The lowest BCUT2D eigenvalue weighted by atomic mass is 10.1. The minimum atomic E-state index is -0.498. The highest BCUT2D eigenvalue weighted by Gasteiger charge is 2.35. The Morgan fingerprint density at radius 1 is 1.38 bits per heavy atom. The third-order valence-electron chi connectivity index (χ3n) is 3.50. The molecule has 2 amide bonds. The van der Waals surface area contributed by atoms with Gasteiger partial charge in [0.1, 0.15) is 0 Å². The molecule has 112 valence electrons. The smallest absolute Gasteiger partial charge is 0.269 e. The predicted molar refractivity (Wildman–Crippen MR) is 76.7 cm³/mol. The first kappa shape index (κ1) is 15.0. The fraction of sp³-hybridized carbons (Fsp3) is 0.429. The van der Waals surface area contributed by atoms with E-state index in [0.717, 1.165) is 0 Å². The summed E-state index contributed by atoms with van der Waals surface area (Å²) in [5, 5.41) is 13.2. The average Bonchev–Trinajstić information content (AvgIpc) is 2.81. The molecule has 1 atom stereocenters. The van der Waals surface area contributed by atoms with E-state index in [1.807, 2.05) is 13.8 Å². The number of carbonyl (C=O) groups excluding carboxylic acids is 2. The number of nitro groups is 1. The SMILES string of the molecule is CC(C)N1C[C@H](C(=O)Nc2ccc([N+](=O)[O-])cc2)CC1=O. The number of hydrogen-bond donors (Lipinski definition) is 1. The predicted octanol–water partition coefficient (Wildman–Crippen LogP) is 1.79. The molecule has 1 aromatic rings. The summed E-state index contributed by atoms with van der Waals surface area (Å²) >= 11 is 0. The zero-order valence-corrected chi connectivity index (χ0v) is 11.9. The van der Waals surface area contributed by atoms with Gasteiger partial charge in [-0.15, -0.1) is 0 Å². The van der Waals surface area contributed by atoms with Crippen LogP contribution in [0, 0.1) is 16.0 Å². The summed E-state index contributed by atoms with van der Waals surface area (Å²) in [6.07, 6.45) is 0.205. The number of likely N-dealkylation sites (tertiary alicyclic amines) is 1. The van der Waals surface area contributed by atoms with Crippen LogP contribution in [0.25, 0.3) is 0 Å². The second-order valence-corrected chi connectivity index (χ2v) is 5.33. The Hall–Kier alpha value is -2.44. The molecule has 0 bridgehead atoms. The number of rotatable bonds is 4. The van der Waals surface area contributed by atoms with Gasteiger partial charge in [-0.3, -0.25) is 19.7 Å². The second kappa shape index (κ2) is 5.90. The molecule has 1 heterocycles. The highest BCUT2D eigenvalue weighted by Crippen LogP contribution is 2.22. The van der Waals surface area contributed by atoms with E-state index in [2.05, 4.69) is 5.32 Å². The number of nitrogens with zero attached hydrogens (tertiary/aromatic N) is 2. The minimum absolute atomic E-state index is 0.0196. The molecule has 7 nitrogen and oxygen atoms in total. The van der Waals surface area contributed by atoms with Gasteiger partial charge in [0.15, 0.2) is 0 Å². The van der Waals surface area contributed by atoms with Crippen molar-refractivity contribution in [2.24, 2.45) is 5.92 Å². The molecule has 0 saturated carbocycles. The van der Waals surface area contributed by atoms with E-state index in [9.17, 15) is 19.7 Å². The Bertz CT molecular complexity index is 568. The lowest BCUT2D eigenvalue weighted by Gasteiger charge is -2.20. The molecular weight excluding hydrogens is 274 g/mol. The Morgan fingerprint density at radius 2 is 2.00 bits per heavy atom. The molecule has 0 radical (unpaired) electrons. The van der Waals surface area contributed by atoms with Crippen molar-refractivity contribution in [1.29, 1.82) is 0 Å². The van der Waals surface area contributed by atoms with Gasteiger partial charge in [-0.1, -0.05) is 0 Å². The first-order chi connectivity index (χ1) is 9.88. The van der Waals surface area contributed by atoms with Crippen LogP contribution < -0.4 is 5.32 Å². The molecule has 7 heteroatoms. The van der Waals surface area contributed by atoms with Crippen LogP contribution in [0.3, 0.4) is 0 Å². The van der Waals surface area contributed by atoms with Gasteiger partial charge in [-0.05, 0) is 26.0 Å². The number of benzene rings is 1. The van der Waals surface area contributed by atoms with Crippen molar-refractivity contribution < 1.29 is 14.5 Å². The molecule has 1 saturated heterocycles. The molecule has 1 N–H and O–H groups in total. The number of anilines is 1. The first-order valence-electron chi connectivity index (χ1n) is 6.73. The van der Waals surface area contributed by atoms with Crippen molar-refractivity contribution in [2.75, 3.05) is 11.9 Å². The summed E-state index contributed by atoms with van der Waals surface area (Å²) < 4.78 is 0. The monoisotopic (exact) mass is 291 g/mol. The Labute approximate surface area is 122 Å². The van der Waals surface area contributed by atoms with Crippen LogP contribution in [0.2, 0.25) is 0 Å². The van der Waals surface area contributed by atoms with E-state index in [1.165, 1.54) is 24.3 Å². The van der Waals surface area contributed by atoms with Crippen molar-refractivity contribution in [3.8, 4) is 0 Å². The van der Waals surface area contributed by atoms with Gasteiger partial charge in [0, 0.05) is 36.8 Å². The lowest BCUT2D eigenvalue weighted by Crippen LogP contribution is -2.33. The van der Waals surface area contributed by atoms with Gasteiger partial charge in [0.25, 0.3) is 5.69 Å². The van der Waals surface area contributed by atoms with Gasteiger partial charge in [-0.25, -0.2) is 0 Å². The van der Waals surface area contributed by atoms with E-state index in [4.69, 9.17) is 0 Å². The maximum atomic E-state index is 12.1. The topological polar surface area (TPSA) is 92.6 Å². The summed E-state index contributed by atoms with van der Waals surface area (Å²) in [6, 6.07) is 5.70. The summed E-state index contributed by atoms with van der Waals surface area (Å²) in [7, 11) is 0. The van der Waals surface area contributed by atoms with Crippen molar-refractivity contribution in [3.05, 3.63) is 34.4 Å². The molecule has 1 aliphatic heterocycles. The normalized spacial score (nSPS) is 18.1. The van der Waals surface area contributed by atoms with Crippen molar-refractivity contribution in [1.82, 2.24) is 4.90 Å². The van der Waals surface area contributed by atoms with Gasteiger partial charge in [0.2, 0.25) is 11.8 Å². The molecule has 1 aromatic carbocycles. The number of carbonyl (C=O) groups is 2. The fourth-order valence-electron chi connectivity index (χ4n) is 2.32. The molecule has 21 heavy (non-hydrogen) atoms. The van der Waals surface area contributed by atoms with Crippen LogP contribution >= 0.6 is 0 Å². The zero-order valence-electron chi connectivity index (χ0n) is 11.9. The standard InChI is InChI=1S/C14H17N3O4/c1-9(2)16-8-10(7-13(16)18)14(19)15-11-3-5-12(6-4-11)17(20)21/h3-6,9-10H,7-8H2,1-2H3,(H,15,19)/t10-/m1/s1. The van der Waals surface area contributed by atoms with Gasteiger partial charge in [0.05, 0.1) is 10.8 Å². The Balaban J connectivity index is 1.99. The highest BCUT2D eigenvalue weighted by molar-refractivity contribution is 5.97. The van der Waals surface area contributed by atoms with Crippen molar-refractivity contribution in [3.63, 3.8) is 0 Å². The van der Waals surface area contributed by atoms with Crippen molar-refractivity contribution >= 4 is 23.2 Å². The second-order valence-electron chi connectivity index (χ2n) is 5.33. The Kier molecular flexibility index (Phi) is 4.21. The number of nitro benzene ring substituents is 1. The van der Waals surface area contributed by atoms with E-state index >= 15 is 0 Å². The molecular formula is C14H17N3O4. The van der Waals surface area contributed by atoms with Crippen LogP contribution in [0.4, 0.5) is 11.4 Å². The number of non-ortho nitro benzene ring substituents is 1. The molecule has 0 unspecified atom stereocenters. The van der Waals surface area contributed by atoms with E-state index in [-0.39, 0.29) is 35.9 Å². The maximum absolute atomic E-state index is 12.1. The molecule has 1 fully saturated rings. The third kappa shape index (κ3) is 3.36. The number of amides is 2. The molecule has 0 aliphatic carbocycles. The van der Waals surface area contributed by atoms with Gasteiger partial charge < -0.3 is 10.2 Å². The summed E-state index contributed by atoms with van der Waals surface area (Å²) in [4.78, 5) is 35.6. The lowest BCUT2D eigenvalue weighted by molar-refractivity contribution is -0.384. The van der Waals surface area contributed by atoms with Crippen LogP contribution in [0.15, 0.2) is 24.3 Å². The maximum Gasteiger partial charge on any atom is 0.269 e. The van der Waals surface area contributed by atoms with Crippen LogP contribution in [0.5, 0.6) is 0 Å². The van der Waals surface area contributed by atoms with E-state index in [1.54, 1.807) is 4.90 Å². The van der Waals surface area contributed by atoms with Gasteiger partial charge in [-0.2, -0.15) is 0 Å². The highest BCUT2D eigenvalue weighted by atomic mass is 16.6. The molecule has 0 spiro atoms. The Morgan fingerprint density at radius 3 is 2.48 bits per heavy atom.